The van der Waals surface area contributed by atoms with E-state index in [0.717, 1.165) is 22.6 Å². The standard InChI is InChI=1S/C17H23N7O/c1-9(2)14-7-13(20-17-18-8-19-24(14)17)16(25)23(6)12(5)15-10(3)21-22-11(15)4/h7-9,12H,1-6H3,(H,21,22). The molecule has 1 unspecified atom stereocenters. The molecule has 0 saturated heterocycles. The predicted molar refractivity (Wildman–Crippen MR) is 93.4 cm³/mol. The summed E-state index contributed by atoms with van der Waals surface area (Å²) in [7, 11) is 1.78. The Kier molecular flexibility index (Phi) is 4.28. The lowest BCUT2D eigenvalue weighted by atomic mass is 10.0. The number of aromatic amines is 1. The molecule has 1 amide bonds. The molecule has 3 heterocycles. The summed E-state index contributed by atoms with van der Waals surface area (Å²) >= 11 is 0. The zero-order valence-corrected chi connectivity index (χ0v) is 15.4. The van der Waals surface area contributed by atoms with Crippen molar-refractivity contribution in [2.75, 3.05) is 7.05 Å². The van der Waals surface area contributed by atoms with Crippen LogP contribution in [0.25, 0.3) is 5.78 Å². The molecule has 0 saturated carbocycles. The van der Waals surface area contributed by atoms with Gasteiger partial charge in [0.05, 0.1) is 17.4 Å². The first-order valence-corrected chi connectivity index (χ1v) is 8.30. The molecule has 0 bridgehead atoms. The number of hydrogen-bond donors (Lipinski definition) is 1. The molecule has 132 valence electrons. The number of nitrogens with one attached hydrogen (secondary N) is 1. The number of amides is 1. The Morgan fingerprint density at radius 1 is 1.28 bits per heavy atom. The molecule has 1 atom stereocenters. The average Bonchev–Trinajstić information content (AvgIpc) is 3.18. The Balaban J connectivity index is 1.99. The van der Waals surface area contributed by atoms with Crippen LogP contribution in [0.2, 0.25) is 0 Å². The number of carbonyl (C=O) groups excluding carboxylic acids is 1. The van der Waals surface area contributed by atoms with Gasteiger partial charge in [-0.3, -0.25) is 9.89 Å². The zero-order chi connectivity index (χ0) is 18.3. The van der Waals surface area contributed by atoms with E-state index in [0.29, 0.717) is 11.5 Å². The fraction of sp³-hybridized carbons (Fsp3) is 0.471. The summed E-state index contributed by atoms with van der Waals surface area (Å²) in [4.78, 5) is 23.2. The number of fused-ring (bicyclic) bond motifs is 1. The Hall–Kier alpha value is -2.77. The van der Waals surface area contributed by atoms with Crippen molar-refractivity contribution in [3.05, 3.63) is 40.7 Å². The molecule has 25 heavy (non-hydrogen) atoms. The smallest absolute Gasteiger partial charge is 0.272 e. The zero-order valence-electron chi connectivity index (χ0n) is 15.4. The molecule has 0 aliphatic carbocycles. The van der Waals surface area contributed by atoms with Crippen molar-refractivity contribution in [3.8, 4) is 0 Å². The van der Waals surface area contributed by atoms with Gasteiger partial charge in [-0.2, -0.15) is 15.2 Å². The molecule has 0 aliphatic heterocycles. The summed E-state index contributed by atoms with van der Waals surface area (Å²) in [6.45, 7) is 9.98. The van der Waals surface area contributed by atoms with Gasteiger partial charge < -0.3 is 4.90 Å². The molecule has 8 heteroatoms. The maximum Gasteiger partial charge on any atom is 0.272 e. The van der Waals surface area contributed by atoms with Gasteiger partial charge in [0.25, 0.3) is 11.7 Å². The highest BCUT2D eigenvalue weighted by atomic mass is 16.2. The van der Waals surface area contributed by atoms with Crippen molar-refractivity contribution in [1.29, 1.82) is 0 Å². The first-order chi connectivity index (χ1) is 11.8. The lowest BCUT2D eigenvalue weighted by Crippen LogP contribution is -2.31. The van der Waals surface area contributed by atoms with E-state index in [4.69, 9.17) is 0 Å². The molecule has 0 spiro atoms. The quantitative estimate of drug-likeness (QED) is 0.787. The second-order valence-electron chi connectivity index (χ2n) is 6.63. The molecular weight excluding hydrogens is 318 g/mol. The van der Waals surface area contributed by atoms with E-state index in [2.05, 4.69) is 39.1 Å². The van der Waals surface area contributed by atoms with Gasteiger partial charge in [0, 0.05) is 18.3 Å². The number of H-pyrrole nitrogens is 1. The summed E-state index contributed by atoms with van der Waals surface area (Å²) in [6, 6.07) is 1.68. The summed E-state index contributed by atoms with van der Waals surface area (Å²) in [6.07, 6.45) is 1.45. The van der Waals surface area contributed by atoms with Crippen LogP contribution < -0.4 is 0 Å². The number of rotatable bonds is 4. The van der Waals surface area contributed by atoms with Crippen LogP contribution in [0.4, 0.5) is 0 Å². The van der Waals surface area contributed by atoms with Crippen LogP contribution in [0.3, 0.4) is 0 Å². The van der Waals surface area contributed by atoms with Crippen molar-refractivity contribution < 1.29 is 4.79 Å². The van der Waals surface area contributed by atoms with E-state index in [1.54, 1.807) is 22.5 Å². The van der Waals surface area contributed by atoms with E-state index >= 15 is 0 Å². The lowest BCUT2D eigenvalue weighted by Gasteiger charge is -2.25. The van der Waals surface area contributed by atoms with Crippen LogP contribution in [0.15, 0.2) is 12.4 Å². The van der Waals surface area contributed by atoms with Crippen molar-refractivity contribution in [2.24, 2.45) is 0 Å². The van der Waals surface area contributed by atoms with Crippen LogP contribution in [0, 0.1) is 13.8 Å². The van der Waals surface area contributed by atoms with E-state index in [-0.39, 0.29) is 17.9 Å². The summed E-state index contributed by atoms with van der Waals surface area (Å²) < 4.78 is 1.68. The lowest BCUT2D eigenvalue weighted by molar-refractivity contribution is 0.0736. The number of aromatic nitrogens is 6. The van der Waals surface area contributed by atoms with Crippen LogP contribution in [0.1, 0.15) is 65.9 Å². The van der Waals surface area contributed by atoms with Gasteiger partial charge in [-0.05, 0) is 32.8 Å². The minimum absolute atomic E-state index is 0.121. The predicted octanol–water partition coefficient (Wildman–Crippen LogP) is 2.42. The highest BCUT2D eigenvalue weighted by molar-refractivity contribution is 5.93. The fourth-order valence-electron chi connectivity index (χ4n) is 3.08. The molecule has 8 nitrogen and oxygen atoms in total. The van der Waals surface area contributed by atoms with Crippen molar-refractivity contribution in [1.82, 2.24) is 34.7 Å². The van der Waals surface area contributed by atoms with Crippen molar-refractivity contribution in [3.63, 3.8) is 0 Å². The van der Waals surface area contributed by atoms with Gasteiger partial charge in [-0.15, -0.1) is 0 Å². The van der Waals surface area contributed by atoms with Crippen LogP contribution >= 0.6 is 0 Å². The minimum Gasteiger partial charge on any atom is -0.333 e. The van der Waals surface area contributed by atoms with E-state index in [1.165, 1.54) is 6.33 Å². The first kappa shape index (κ1) is 17.1. The van der Waals surface area contributed by atoms with Crippen LogP contribution in [-0.4, -0.2) is 47.6 Å². The Labute approximate surface area is 146 Å². The maximum absolute atomic E-state index is 13.0. The van der Waals surface area contributed by atoms with Gasteiger partial charge in [-0.1, -0.05) is 13.8 Å². The molecule has 0 aliphatic rings. The Morgan fingerprint density at radius 3 is 2.60 bits per heavy atom. The third-order valence-corrected chi connectivity index (χ3v) is 4.59. The van der Waals surface area contributed by atoms with Crippen LogP contribution in [0.5, 0.6) is 0 Å². The highest BCUT2D eigenvalue weighted by Gasteiger charge is 2.25. The third kappa shape index (κ3) is 2.88. The molecule has 3 aromatic heterocycles. The topological polar surface area (TPSA) is 92.1 Å². The average molecular weight is 341 g/mol. The fourth-order valence-corrected chi connectivity index (χ4v) is 3.08. The number of nitrogens with zero attached hydrogens (tertiary/aromatic N) is 6. The van der Waals surface area contributed by atoms with E-state index < -0.39 is 0 Å². The number of aryl methyl sites for hydroxylation is 2. The van der Waals surface area contributed by atoms with Crippen molar-refractivity contribution in [2.45, 2.75) is 46.6 Å². The maximum atomic E-state index is 13.0. The van der Waals surface area contributed by atoms with Crippen LogP contribution in [-0.2, 0) is 0 Å². The second-order valence-corrected chi connectivity index (χ2v) is 6.63. The summed E-state index contributed by atoms with van der Waals surface area (Å²) in [5.74, 6) is 0.478. The molecule has 3 aromatic rings. The van der Waals surface area contributed by atoms with E-state index in [9.17, 15) is 4.79 Å². The SMILES string of the molecule is Cc1n[nH]c(C)c1C(C)N(C)C(=O)c1cc(C(C)C)n2ncnc2n1. The summed E-state index contributed by atoms with van der Waals surface area (Å²) in [5.41, 5.74) is 4.17. The molecule has 0 radical (unpaired) electrons. The molecule has 1 N–H and O–H groups in total. The minimum atomic E-state index is -0.153. The van der Waals surface area contributed by atoms with Gasteiger partial charge in [0.1, 0.15) is 12.0 Å². The molecule has 3 rings (SSSR count). The normalized spacial score (nSPS) is 12.8. The number of carbonyl (C=O) groups is 1. The monoisotopic (exact) mass is 341 g/mol. The largest absolute Gasteiger partial charge is 0.333 e. The molecular formula is C17H23N7O. The van der Waals surface area contributed by atoms with Gasteiger partial charge in [-0.25, -0.2) is 9.50 Å². The summed E-state index contributed by atoms with van der Waals surface area (Å²) in [5, 5.41) is 11.4. The Bertz CT molecular complexity index is 905. The highest BCUT2D eigenvalue weighted by Crippen LogP contribution is 2.25. The van der Waals surface area contributed by atoms with Gasteiger partial charge in [0.2, 0.25) is 0 Å². The Morgan fingerprint density at radius 2 is 2.00 bits per heavy atom. The number of hydrogen-bond acceptors (Lipinski definition) is 5. The van der Waals surface area contributed by atoms with Gasteiger partial charge in [0.15, 0.2) is 0 Å². The molecule has 0 aromatic carbocycles. The van der Waals surface area contributed by atoms with E-state index in [1.807, 2.05) is 20.8 Å². The molecule has 0 fully saturated rings. The third-order valence-electron chi connectivity index (χ3n) is 4.59. The van der Waals surface area contributed by atoms with Gasteiger partial charge >= 0.3 is 0 Å². The first-order valence-electron chi connectivity index (χ1n) is 8.30. The van der Waals surface area contributed by atoms with Crippen molar-refractivity contribution >= 4 is 11.7 Å². The second kappa shape index (κ2) is 6.27.